The van der Waals surface area contributed by atoms with Crippen molar-refractivity contribution in [1.82, 2.24) is 0 Å². The molecule has 0 amide bonds. The minimum atomic E-state index is 0.274. The smallest absolute Gasteiger partial charge is 0.0590 e. The van der Waals surface area contributed by atoms with Crippen LogP contribution in [-0.2, 0) is 4.74 Å². The third kappa shape index (κ3) is 4.31. The molecule has 1 fully saturated rings. The van der Waals surface area contributed by atoms with E-state index in [9.17, 15) is 0 Å². The standard InChI is InChI=1S/C11H19NO/c1-2-3-4-6-10(12)9-11-7-5-8-13-11/h1,10-11H,3-9,12H2. The van der Waals surface area contributed by atoms with Crippen molar-refractivity contribution in [2.24, 2.45) is 5.73 Å². The van der Waals surface area contributed by atoms with E-state index in [2.05, 4.69) is 5.92 Å². The largest absolute Gasteiger partial charge is 0.378 e. The molecular weight excluding hydrogens is 162 g/mol. The molecule has 1 saturated heterocycles. The van der Waals surface area contributed by atoms with Crippen LogP contribution in [0.1, 0.15) is 38.5 Å². The van der Waals surface area contributed by atoms with Crippen molar-refractivity contribution < 1.29 is 4.74 Å². The first kappa shape index (κ1) is 10.6. The van der Waals surface area contributed by atoms with E-state index in [0.29, 0.717) is 6.10 Å². The molecule has 0 aliphatic carbocycles. The van der Waals surface area contributed by atoms with Crippen LogP contribution < -0.4 is 5.73 Å². The van der Waals surface area contributed by atoms with E-state index in [1.54, 1.807) is 0 Å². The second kappa shape index (κ2) is 6.01. The maximum absolute atomic E-state index is 5.95. The molecule has 2 heteroatoms. The summed E-state index contributed by atoms with van der Waals surface area (Å²) in [5.74, 6) is 2.63. The van der Waals surface area contributed by atoms with E-state index in [1.165, 1.54) is 12.8 Å². The fraction of sp³-hybridized carbons (Fsp3) is 0.818. The Hall–Kier alpha value is -0.520. The number of nitrogens with two attached hydrogens (primary N) is 1. The molecular formula is C11H19NO. The number of hydrogen-bond donors (Lipinski definition) is 1. The monoisotopic (exact) mass is 181 g/mol. The quantitative estimate of drug-likeness (QED) is 0.517. The zero-order valence-corrected chi connectivity index (χ0v) is 8.17. The maximum Gasteiger partial charge on any atom is 0.0590 e. The van der Waals surface area contributed by atoms with Crippen LogP contribution in [-0.4, -0.2) is 18.8 Å². The Morgan fingerprint density at radius 3 is 3.08 bits per heavy atom. The lowest BCUT2D eigenvalue weighted by Gasteiger charge is -2.15. The second-order valence-electron chi connectivity index (χ2n) is 3.73. The van der Waals surface area contributed by atoms with E-state index in [4.69, 9.17) is 16.9 Å². The highest BCUT2D eigenvalue weighted by Crippen LogP contribution is 2.17. The molecule has 0 bridgehead atoms. The lowest BCUT2D eigenvalue weighted by Crippen LogP contribution is -2.25. The molecule has 74 valence electrons. The van der Waals surface area contributed by atoms with E-state index < -0.39 is 0 Å². The summed E-state index contributed by atoms with van der Waals surface area (Å²) in [6, 6.07) is 0.274. The van der Waals surface area contributed by atoms with Gasteiger partial charge in [-0.25, -0.2) is 0 Å². The second-order valence-corrected chi connectivity index (χ2v) is 3.73. The number of unbranched alkanes of at least 4 members (excludes halogenated alkanes) is 1. The van der Waals surface area contributed by atoms with Gasteiger partial charge in [0.25, 0.3) is 0 Å². The van der Waals surface area contributed by atoms with Gasteiger partial charge in [0, 0.05) is 19.1 Å². The third-order valence-electron chi connectivity index (χ3n) is 2.49. The predicted molar refractivity (Wildman–Crippen MR) is 54.3 cm³/mol. The fourth-order valence-electron chi connectivity index (χ4n) is 1.75. The van der Waals surface area contributed by atoms with Crippen LogP contribution in [0.25, 0.3) is 0 Å². The summed E-state index contributed by atoms with van der Waals surface area (Å²) < 4.78 is 5.51. The Labute approximate surface area is 80.8 Å². The Balaban J connectivity index is 2.03. The Bertz CT molecular complexity index is 167. The van der Waals surface area contributed by atoms with Crippen LogP contribution in [0, 0.1) is 12.3 Å². The summed E-state index contributed by atoms with van der Waals surface area (Å²) in [7, 11) is 0. The summed E-state index contributed by atoms with van der Waals surface area (Å²) in [6.45, 7) is 0.918. The molecule has 13 heavy (non-hydrogen) atoms. The minimum absolute atomic E-state index is 0.274. The molecule has 2 N–H and O–H groups in total. The van der Waals surface area contributed by atoms with E-state index in [1.807, 2.05) is 0 Å². The number of ether oxygens (including phenoxy) is 1. The average molecular weight is 181 g/mol. The van der Waals surface area contributed by atoms with Crippen molar-refractivity contribution in [1.29, 1.82) is 0 Å². The molecule has 1 aliphatic rings. The molecule has 0 aromatic carbocycles. The average Bonchev–Trinajstić information content (AvgIpc) is 2.57. The summed E-state index contributed by atoms with van der Waals surface area (Å²) >= 11 is 0. The van der Waals surface area contributed by atoms with Crippen LogP contribution >= 0.6 is 0 Å². The summed E-state index contributed by atoms with van der Waals surface area (Å²) in [6.07, 6.45) is 11.9. The van der Waals surface area contributed by atoms with Crippen LogP contribution in [0.2, 0.25) is 0 Å². The van der Waals surface area contributed by atoms with Crippen molar-refractivity contribution in [2.75, 3.05) is 6.61 Å². The molecule has 0 saturated carbocycles. The van der Waals surface area contributed by atoms with Gasteiger partial charge in [-0.05, 0) is 32.1 Å². The SMILES string of the molecule is C#CCCCC(N)CC1CCCO1. The van der Waals surface area contributed by atoms with Crippen LogP contribution in [0.3, 0.4) is 0 Å². The van der Waals surface area contributed by atoms with Gasteiger partial charge in [0.15, 0.2) is 0 Å². The normalized spacial score (nSPS) is 24.2. The zero-order chi connectivity index (χ0) is 9.52. The van der Waals surface area contributed by atoms with Gasteiger partial charge in [0.1, 0.15) is 0 Å². The highest BCUT2D eigenvalue weighted by atomic mass is 16.5. The van der Waals surface area contributed by atoms with Gasteiger partial charge < -0.3 is 10.5 Å². The first-order chi connectivity index (χ1) is 6.33. The first-order valence-electron chi connectivity index (χ1n) is 5.13. The van der Waals surface area contributed by atoms with Crippen molar-refractivity contribution in [2.45, 2.75) is 50.7 Å². The van der Waals surface area contributed by atoms with Crippen molar-refractivity contribution in [3.63, 3.8) is 0 Å². The van der Waals surface area contributed by atoms with E-state index in [-0.39, 0.29) is 6.04 Å². The van der Waals surface area contributed by atoms with Crippen LogP contribution in [0.4, 0.5) is 0 Å². The highest BCUT2D eigenvalue weighted by Gasteiger charge is 2.18. The van der Waals surface area contributed by atoms with Gasteiger partial charge in [0.05, 0.1) is 6.10 Å². The highest BCUT2D eigenvalue weighted by molar-refractivity contribution is 4.84. The van der Waals surface area contributed by atoms with Gasteiger partial charge in [0.2, 0.25) is 0 Å². The van der Waals surface area contributed by atoms with Gasteiger partial charge in [-0.2, -0.15) is 0 Å². The van der Waals surface area contributed by atoms with E-state index >= 15 is 0 Å². The van der Waals surface area contributed by atoms with Crippen LogP contribution in [0.15, 0.2) is 0 Å². The van der Waals surface area contributed by atoms with E-state index in [0.717, 1.165) is 32.3 Å². The van der Waals surface area contributed by atoms with Gasteiger partial charge in [-0.3, -0.25) is 0 Å². The number of rotatable bonds is 5. The van der Waals surface area contributed by atoms with Gasteiger partial charge >= 0.3 is 0 Å². The summed E-state index contributed by atoms with van der Waals surface area (Å²) in [4.78, 5) is 0. The molecule has 0 aromatic heterocycles. The van der Waals surface area contributed by atoms with Crippen molar-refractivity contribution in [3.8, 4) is 12.3 Å². The lowest BCUT2D eigenvalue weighted by atomic mass is 10.0. The number of terminal acetylenes is 1. The van der Waals surface area contributed by atoms with Crippen molar-refractivity contribution >= 4 is 0 Å². The van der Waals surface area contributed by atoms with Gasteiger partial charge in [-0.15, -0.1) is 12.3 Å². The summed E-state index contributed by atoms with van der Waals surface area (Å²) in [5.41, 5.74) is 5.95. The molecule has 1 heterocycles. The Morgan fingerprint density at radius 2 is 2.46 bits per heavy atom. The predicted octanol–water partition coefficient (Wildman–Crippen LogP) is 1.69. The molecule has 0 aromatic rings. The maximum atomic E-state index is 5.95. The minimum Gasteiger partial charge on any atom is -0.378 e. The molecule has 2 atom stereocenters. The topological polar surface area (TPSA) is 35.2 Å². The molecule has 0 spiro atoms. The summed E-state index contributed by atoms with van der Waals surface area (Å²) in [5, 5.41) is 0. The lowest BCUT2D eigenvalue weighted by molar-refractivity contribution is 0.0974. The van der Waals surface area contributed by atoms with Crippen LogP contribution in [0.5, 0.6) is 0 Å². The Morgan fingerprint density at radius 1 is 1.62 bits per heavy atom. The number of hydrogen-bond acceptors (Lipinski definition) is 2. The Kier molecular flexibility index (Phi) is 4.88. The molecule has 1 rings (SSSR count). The first-order valence-corrected chi connectivity index (χ1v) is 5.13. The molecule has 2 unspecified atom stereocenters. The molecule has 1 aliphatic heterocycles. The molecule has 2 nitrogen and oxygen atoms in total. The molecule has 0 radical (unpaired) electrons. The third-order valence-corrected chi connectivity index (χ3v) is 2.49. The fourth-order valence-corrected chi connectivity index (χ4v) is 1.75. The van der Waals surface area contributed by atoms with Crippen molar-refractivity contribution in [3.05, 3.63) is 0 Å². The zero-order valence-electron chi connectivity index (χ0n) is 8.17. The van der Waals surface area contributed by atoms with Gasteiger partial charge in [-0.1, -0.05) is 0 Å².